The van der Waals surface area contributed by atoms with Crippen LogP contribution < -0.4 is 5.56 Å². The van der Waals surface area contributed by atoms with Gasteiger partial charge in [-0.25, -0.2) is 9.18 Å². The standard InChI is InChI=1S/C16H12BrF4NO3/c1-2-25-15(24)14(9-3-5-10(18)6-4-9)22-8-12(17)11(7-13(22)23)16(19,20)21/h3-8,14H,2H2,1H3. The maximum absolute atomic E-state index is 13.1. The minimum atomic E-state index is -4.73. The molecule has 1 atom stereocenters. The molecule has 0 aliphatic carbocycles. The first-order chi connectivity index (χ1) is 11.6. The van der Waals surface area contributed by atoms with Gasteiger partial charge < -0.3 is 4.74 Å². The lowest BCUT2D eigenvalue weighted by molar-refractivity contribution is -0.145. The third-order valence-corrected chi connectivity index (χ3v) is 3.94. The Kier molecular flexibility index (Phi) is 5.66. The number of nitrogens with zero attached hydrogens (tertiary/aromatic N) is 1. The first-order valence-corrected chi connectivity index (χ1v) is 7.85. The van der Waals surface area contributed by atoms with E-state index in [9.17, 15) is 27.2 Å². The highest BCUT2D eigenvalue weighted by Crippen LogP contribution is 2.34. The molecule has 0 aliphatic rings. The summed E-state index contributed by atoms with van der Waals surface area (Å²) in [6.07, 6.45) is -3.86. The molecule has 0 amide bonds. The van der Waals surface area contributed by atoms with Gasteiger partial charge >= 0.3 is 12.1 Å². The topological polar surface area (TPSA) is 48.3 Å². The van der Waals surface area contributed by atoms with E-state index in [-0.39, 0.29) is 12.2 Å². The summed E-state index contributed by atoms with van der Waals surface area (Å²) in [5.74, 6) is -1.41. The van der Waals surface area contributed by atoms with Gasteiger partial charge in [-0.05, 0) is 40.5 Å². The Balaban J connectivity index is 2.62. The van der Waals surface area contributed by atoms with Gasteiger partial charge in [0, 0.05) is 16.7 Å². The molecular formula is C16H12BrF4NO3. The molecule has 1 heterocycles. The van der Waals surface area contributed by atoms with E-state index in [0.29, 0.717) is 6.07 Å². The zero-order valence-electron chi connectivity index (χ0n) is 12.8. The molecule has 134 valence electrons. The second-order valence-electron chi connectivity index (χ2n) is 4.98. The molecule has 1 aromatic heterocycles. The van der Waals surface area contributed by atoms with Crippen LogP contribution in [0.25, 0.3) is 0 Å². The molecule has 0 radical (unpaired) electrons. The summed E-state index contributed by atoms with van der Waals surface area (Å²) >= 11 is 2.77. The molecule has 1 unspecified atom stereocenters. The van der Waals surface area contributed by atoms with Gasteiger partial charge in [0.1, 0.15) is 5.82 Å². The van der Waals surface area contributed by atoms with Crippen LogP contribution in [0.5, 0.6) is 0 Å². The average Bonchev–Trinajstić information content (AvgIpc) is 2.51. The maximum Gasteiger partial charge on any atom is 0.417 e. The molecule has 4 nitrogen and oxygen atoms in total. The van der Waals surface area contributed by atoms with E-state index in [1.54, 1.807) is 6.92 Å². The molecule has 0 spiro atoms. The molecule has 0 N–H and O–H groups in total. The minimum absolute atomic E-state index is 0.00703. The third-order valence-electron chi connectivity index (χ3n) is 3.31. The monoisotopic (exact) mass is 421 g/mol. The zero-order chi connectivity index (χ0) is 18.8. The van der Waals surface area contributed by atoms with E-state index in [2.05, 4.69) is 15.9 Å². The van der Waals surface area contributed by atoms with E-state index in [4.69, 9.17) is 4.74 Å². The summed E-state index contributed by atoms with van der Waals surface area (Å²) < 4.78 is 57.1. The van der Waals surface area contributed by atoms with Gasteiger partial charge in [0.2, 0.25) is 0 Å². The van der Waals surface area contributed by atoms with Crippen LogP contribution in [0, 0.1) is 5.82 Å². The average molecular weight is 422 g/mol. The van der Waals surface area contributed by atoms with Crippen LogP contribution in [-0.2, 0) is 15.7 Å². The zero-order valence-corrected chi connectivity index (χ0v) is 14.4. The number of alkyl halides is 3. The second kappa shape index (κ2) is 7.38. The molecule has 1 aromatic carbocycles. The SMILES string of the molecule is CCOC(=O)C(c1ccc(F)cc1)n1cc(Br)c(C(F)(F)F)cc1=O. The van der Waals surface area contributed by atoms with Gasteiger partial charge in [-0.2, -0.15) is 13.2 Å². The highest BCUT2D eigenvalue weighted by Gasteiger charge is 2.35. The van der Waals surface area contributed by atoms with Crippen LogP contribution in [0.15, 0.2) is 45.8 Å². The van der Waals surface area contributed by atoms with Crippen molar-refractivity contribution in [2.75, 3.05) is 6.61 Å². The first kappa shape index (κ1) is 19.2. The number of esters is 1. The van der Waals surface area contributed by atoms with Crippen LogP contribution in [0.1, 0.15) is 24.1 Å². The number of pyridine rings is 1. The predicted octanol–water partition coefficient (Wildman–Crippen LogP) is 3.92. The Bertz CT molecular complexity index is 831. The lowest BCUT2D eigenvalue weighted by Gasteiger charge is -2.20. The Morgan fingerprint density at radius 1 is 1.28 bits per heavy atom. The Hall–Kier alpha value is -2.16. The number of hydrogen-bond donors (Lipinski definition) is 0. The minimum Gasteiger partial charge on any atom is -0.464 e. The lowest BCUT2D eigenvalue weighted by Crippen LogP contribution is -2.32. The van der Waals surface area contributed by atoms with E-state index < -0.39 is 39.6 Å². The fraction of sp³-hybridized carbons (Fsp3) is 0.250. The van der Waals surface area contributed by atoms with E-state index in [0.717, 1.165) is 22.9 Å². The molecule has 0 bridgehead atoms. The molecule has 9 heteroatoms. The van der Waals surface area contributed by atoms with Crippen LogP contribution in [0.3, 0.4) is 0 Å². The predicted molar refractivity (Wildman–Crippen MR) is 84.6 cm³/mol. The Labute approximate surface area is 148 Å². The number of benzene rings is 1. The molecule has 0 aliphatic heterocycles. The molecular weight excluding hydrogens is 410 g/mol. The van der Waals surface area contributed by atoms with Crippen LogP contribution in [-0.4, -0.2) is 17.1 Å². The number of aromatic nitrogens is 1. The molecule has 2 aromatic rings. The Morgan fingerprint density at radius 2 is 1.88 bits per heavy atom. The van der Waals surface area contributed by atoms with Crippen molar-refractivity contribution in [2.24, 2.45) is 0 Å². The van der Waals surface area contributed by atoms with Crippen molar-refractivity contribution < 1.29 is 27.1 Å². The quantitative estimate of drug-likeness (QED) is 0.555. The van der Waals surface area contributed by atoms with Crippen molar-refractivity contribution in [2.45, 2.75) is 19.1 Å². The van der Waals surface area contributed by atoms with Crippen molar-refractivity contribution in [1.82, 2.24) is 4.57 Å². The molecule has 2 rings (SSSR count). The fourth-order valence-corrected chi connectivity index (χ4v) is 2.78. The number of carbonyl (C=O) groups excluding carboxylic acids is 1. The molecule has 0 saturated heterocycles. The maximum atomic E-state index is 13.1. The van der Waals surface area contributed by atoms with Gasteiger partial charge in [-0.15, -0.1) is 0 Å². The largest absolute Gasteiger partial charge is 0.464 e. The highest BCUT2D eigenvalue weighted by atomic mass is 79.9. The summed E-state index contributed by atoms with van der Waals surface area (Å²) in [6, 6.07) is 3.72. The fourth-order valence-electron chi connectivity index (χ4n) is 2.22. The van der Waals surface area contributed by atoms with Crippen LogP contribution in [0.4, 0.5) is 17.6 Å². The lowest BCUT2D eigenvalue weighted by atomic mass is 10.1. The summed E-state index contributed by atoms with van der Waals surface area (Å²) in [4.78, 5) is 24.5. The number of hydrogen-bond acceptors (Lipinski definition) is 3. The van der Waals surface area contributed by atoms with E-state index in [1.165, 1.54) is 12.1 Å². The van der Waals surface area contributed by atoms with Crippen molar-refractivity contribution in [3.8, 4) is 0 Å². The Morgan fingerprint density at radius 3 is 2.40 bits per heavy atom. The van der Waals surface area contributed by atoms with Crippen LogP contribution in [0.2, 0.25) is 0 Å². The first-order valence-electron chi connectivity index (χ1n) is 7.06. The number of carbonyl (C=O) groups is 1. The smallest absolute Gasteiger partial charge is 0.417 e. The van der Waals surface area contributed by atoms with Gasteiger partial charge in [0.25, 0.3) is 5.56 Å². The summed E-state index contributed by atoms with van der Waals surface area (Å²) in [5, 5.41) is 0. The van der Waals surface area contributed by atoms with Gasteiger partial charge in [0.15, 0.2) is 6.04 Å². The molecule has 0 fully saturated rings. The number of halogens is 5. The van der Waals surface area contributed by atoms with Crippen molar-refractivity contribution in [3.63, 3.8) is 0 Å². The summed E-state index contributed by atoms with van der Waals surface area (Å²) in [7, 11) is 0. The highest BCUT2D eigenvalue weighted by molar-refractivity contribution is 9.10. The van der Waals surface area contributed by atoms with Crippen molar-refractivity contribution in [3.05, 3.63) is 68.3 Å². The van der Waals surface area contributed by atoms with Crippen LogP contribution >= 0.6 is 15.9 Å². The van der Waals surface area contributed by atoms with Gasteiger partial charge in [-0.3, -0.25) is 9.36 Å². The normalized spacial score (nSPS) is 12.7. The van der Waals surface area contributed by atoms with E-state index in [1.807, 2.05) is 0 Å². The summed E-state index contributed by atoms with van der Waals surface area (Å²) in [5.41, 5.74) is -2.00. The molecule has 25 heavy (non-hydrogen) atoms. The van der Waals surface area contributed by atoms with Crippen molar-refractivity contribution >= 4 is 21.9 Å². The van der Waals surface area contributed by atoms with E-state index >= 15 is 0 Å². The molecule has 0 saturated carbocycles. The summed E-state index contributed by atoms with van der Waals surface area (Å²) in [6.45, 7) is 1.55. The number of ether oxygens (including phenoxy) is 1. The van der Waals surface area contributed by atoms with Gasteiger partial charge in [0.05, 0.1) is 12.2 Å². The number of rotatable bonds is 4. The van der Waals surface area contributed by atoms with Gasteiger partial charge in [-0.1, -0.05) is 12.1 Å². The van der Waals surface area contributed by atoms with Crippen molar-refractivity contribution in [1.29, 1.82) is 0 Å². The second-order valence-corrected chi connectivity index (χ2v) is 5.84. The third kappa shape index (κ3) is 4.28.